The predicted octanol–water partition coefficient (Wildman–Crippen LogP) is 5.43. The van der Waals surface area contributed by atoms with E-state index in [9.17, 15) is 0 Å². The Morgan fingerprint density at radius 1 is 0.667 bits per heavy atom. The molecule has 4 aliphatic rings. The van der Waals surface area contributed by atoms with Gasteiger partial charge >= 0.3 is 0 Å². The second kappa shape index (κ2) is 3.89. The summed E-state index contributed by atoms with van der Waals surface area (Å²) in [7, 11) is 0. The van der Waals surface area contributed by atoms with Crippen molar-refractivity contribution < 1.29 is 4.74 Å². The highest BCUT2D eigenvalue weighted by atomic mass is 16.5. The molecular formula is C20H34O. The van der Waals surface area contributed by atoms with Gasteiger partial charge in [0.1, 0.15) is 0 Å². The molecule has 1 heteroatoms. The highest BCUT2D eigenvalue weighted by molar-refractivity contribution is 5.14. The van der Waals surface area contributed by atoms with E-state index in [0.717, 1.165) is 11.8 Å². The summed E-state index contributed by atoms with van der Waals surface area (Å²) in [5.74, 6) is 1.79. The molecule has 21 heavy (non-hydrogen) atoms. The molecule has 0 amide bonds. The van der Waals surface area contributed by atoms with Crippen molar-refractivity contribution in [3.05, 3.63) is 0 Å². The number of fused-ring (bicyclic) bond motifs is 4. The molecule has 4 rings (SSSR count). The molecule has 0 aromatic heterocycles. The fourth-order valence-electron chi connectivity index (χ4n) is 6.87. The third kappa shape index (κ3) is 1.48. The Morgan fingerprint density at radius 3 is 1.29 bits per heavy atom. The Hall–Kier alpha value is -0.0400. The van der Waals surface area contributed by atoms with E-state index in [-0.39, 0.29) is 0 Å². The van der Waals surface area contributed by atoms with Crippen LogP contribution < -0.4 is 0 Å². The molecule has 0 radical (unpaired) electrons. The second-order valence-corrected chi connectivity index (χ2v) is 10.3. The van der Waals surface area contributed by atoms with E-state index in [1.165, 1.54) is 38.5 Å². The summed E-state index contributed by atoms with van der Waals surface area (Å²) in [6, 6.07) is 0. The van der Waals surface area contributed by atoms with E-state index in [0.29, 0.717) is 33.9 Å². The van der Waals surface area contributed by atoms with Crippen molar-refractivity contribution in [3.8, 4) is 0 Å². The Kier molecular flexibility index (Phi) is 2.69. The molecule has 1 nitrogen and oxygen atoms in total. The zero-order chi connectivity index (χ0) is 15.3. The van der Waals surface area contributed by atoms with Gasteiger partial charge in [0, 0.05) is 0 Å². The van der Waals surface area contributed by atoms with Gasteiger partial charge < -0.3 is 4.74 Å². The minimum Gasteiger partial charge on any atom is -0.374 e. The van der Waals surface area contributed by atoms with Crippen LogP contribution in [0.1, 0.15) is 80.1 Å². The van der Waals surface area contributed by atoms with Crippen LogP contribution in [0.25, 0.3) is 0 Å². The minimum absolute atomic E-state index is 0.417. The van der Waals surface area contributed by atoms with E-state index in [1.54, 1.807) is 0 Å². The molecule has 0 saturated heterocycles. The summed E-state index contributed by atoms with van der Waals surface area (Å²) >= 11 is 0. The Bertz CT molecular complexity index is 422. The van der Waals surface area contributed by atoms with Crippen molar-refractivity contribution in [2.24, 2.45) is 33.5 Å². The molecule has 4 bridgehead atoms. The summed E-state index contributed by atoms with van der Waals surface area (Å²) in [5.41, 5.74) is 1.79. The first-order chi connectivity index (χ1) is 9.63. The van der Waals surface area contributed by atoms with Gasteiger partial charge in [0.25, 0.3) is 0 Å². The second-order valence-electron chi connectivity index (χ2n) is 10.3. The predicted molar refractivity (Wildman–Crippen MR) is 87.1 cm³/mol. The summed E-state index contributed by atoms with van der Waals surface area (Å²) < 4.78 is 6.92. The molecular weight excluding hydrogens is 256 g/mol. The Morgan fingerprint density at radius 2 is 1.05 bits per heavy atom. The smallest absolute Gasteiger partial charge is 0.0640 e. The molecule has 4 fully saturated rings. The Labute approximate surface area is 131 Å². The van der Waals surface area contributed by atoms with E-state index in [1.807, 2.05) is 0 Å². The fourth-order valence-corrected chi connectivity index (χ4v) is 6.87. The molecule has 6 atom stereocenters. The summed E-state index contributed by atoms with van der Waals surface area (Å²) in [6.45, 7) is 15.0. The van der Waals surface area contributed by atoms with Crippen LogP contribution in [0.15, 0.2) is 0 Å². The van der Waals surface area contributed by atoms with Crippen LogP contribution in [0.3, 0.4) is 0 Å². The highest BCUT2D eigenvalue weighted by Gasteiger charge is 2.66. The molecule has 120 valence electrons. The maximum absolute atomic E-state index is 6.92. The third-order valence-electron chi connectivity index (χ3n) is 9.76. The van der Waals surface area contributed by atoms with Crippen molar-refractivity contribution in [2.75, 3.05) is 0 Å². The van der Waals surface area contributed by atoms with Crippen LogP contribution in [-0.4, -0.2) is 12.2 Å². The zero-order valence-corrected chi connectivity index (χ0v) is 15.0. The summed E-state index contributed by atoms with van der Waals surface area (Å²) in [4.78, 5) is 0. The van der Waals surface area contributed by atoms with Gasteiger partial charge in [0.2, 0.25) is 0 Å². The molecule has 0 N–H and O–H groups in total. The van der Waals surface area contributed by atoms with Crippen LogP contribution in [0.2, 0.25) is 0 Å². The SMILES string of the molecule is CC1(C)[C@@H]2CC[C@@]1(C)[C@H](O[C@H]1C[C@@H]3CC[C@@]1(C)C3(C)C)C2. The topological polar surface area (TPSA) is 9.23 Å². The standard InChI is InChI=1S/C20H34O/c1-17(2)13-7-9-19(17,5)15(11-13)21-16-12-14-8-10-20(16,6)18(14,3)4/h13-16H,7-12H2,1-6H3/t13-,14+,15-,16+,19+,20-. The van der Waals surface area contributed by atoms with Crippen LogP contribution >= 0.6 is 0 Å². The number of hydrogen-bond acceptors (Lipinski definition) is 1. The first-order valence-electron chi connectivity index (χ1n) is 9.28. The molecule has 0 heterocycles. The zero-order valence-electron chi connectivity index (χ0n) is 15.0. The highest BCUT2D eigenvalue weighted by Crippen LogP contribution is 2.70. The summed E-state index contributed by atoms with van der Waals surface area (Å²) in [6.07, 6.45) is 9.30. The van der Waals surface area contributed by atoms with Gasteiger partial charge in [0.15, 0.2) is 0 Å². The van der Waals surface area contributed by atoms with Crippen LogP contribution in [0.4, 0.5) is 0 Å². The van der Waals surface area contributed by atoms with E-state index in [2.05, 4.69) is 41.5 Å². The number of rotatable bonds is 2. The van der Waals surface area contributed by atoms with Crippen molar-refractivity contribution in [2.45, 2.75) is 92.3 Å². The lowest BCUT2D eigenvalue weighted by atomic mass is 9.68. The van der Waals surface area contributed by atoms with Gasteiger partial charge in [-0.3, -0.25) is 0 Å². The quantitative estimate of drug-likeness (QED) is 0.658. The van der Waals surface area contributed by atoms with Gasteiger partial charge in [-0.15, -0.1) is 0 Å². The van der Waals surface area contributed by atoms with Crippen molar-refractivity contribution in [1.82, 2.24) is 0 Å². The van der Waals surface area contributed by atoms with Gasteiger partial charge in [0.05, 0.1) is 12.2 Å². The van der Waals surface area contributed by atoms with Crippen LogP contribution in [-0.2, 0) is 4.74 Å². The van der Waals surface area contributed by atoms with Crippen LogP contribution in [0.5, 0.6) is 0 Å². The first-order valence-corrected chi connectivity index (χ1v) is 9.28. The molecule has 0 spiro atoms. The minimum atomic E-state index is 0.417. The van der Waals surface area contributed by atoms with E-state index in [4.69, 9.17) is 4.74 Å². The van der Waals surface area contributed by atoms with Gasteiger partial charge in [-0.1, -0.05) is 41.5 Å². The van der Waals surface area contributed by atoms with Crippen molar-refractivity contribution in [3.63, 3.8) is 0 Å². The molecule has 0 aliphatic heterocycles. The Balaban J connectivity index is 1.57. The number of ether oxygens (including phenoxy) is 1. The third-order valence-corrected chi connectivity index (χ3v) is 9.76. The van der Waals surface area contributed by atoms with E-state index < -0.39 is 0 Å². The van der Waals surface area contributed by atoms with Crippen molar-refractivity contribution >= 4 is 0 Å². The normalized spacial score (nSPS) is 56.3. The number of hydrogen-bond donors (Lipinski definition) is 0. The lowest BCUT2D eigenvalue weighted by Crippen LogP contribution is -2.44. The van der Waals surface area contributed by atoms with Gasteiger partial charge in [-0.2, -0.15) is 0 Å². The fraction of sp³-hybridized carbons (Fsp3) is 1.00. The maximum Gasteiger partial charge on any atom is 0.0640 e. The largest absolute Gasteiger partial charge is 0.374 e. The average Bonchev–Trinajstić information content (AvgIpc) is 2.90. The molecule has 0 aromatic rings. The molecule has 4 aliphatic carbocycles. The summed E-state index contributed by atoms with van der Waals surface area (Å²) in [5, 5.41) is 0. The van der Waals surface area contributed by atoms with Crippen LogP contribution in [0, 0.1) is 33.5 Å². The van der Waals surface area contributed by atoms with Crippen molar-refractivity contribution in [1.29, 1.82) is 0 Å². The van der Waals surface area contributed by atoms with Gasteiger partial charge in [-0.05, 0) is 72.0 Å². The first kappa shape index (κ1) is 14.5. The maximum atomic E-state index is 6.92. The molecule has 0 unspecified atom stereocenters. The average molecular weight is 290 g/mol. The van der Waals surface area contributed by atoms with E-state index >= 15 is 0 Å². The molecule has 0 aromatic carbocycles. The van der Waals surface area contributed by atoms with Gasteiger partial charge in [-0.25, -0.2) is 0 Å². The lowest BCUT2D eigenvalue weighted by molar-refractivity contribution is -0.132. The lowest BCUT2D eigenvalue weighted by Gasteiger charge is -2.44. The monoisotopic (exact) mass is 290 g/mol. The molecule has 4 saturated carbocycles.